The fourth-order valence-electron chi connectivity index (χ4n) is 3.59. The number of nitrogens with zero attached hydrogens (tertiary/aromatic N) is 2. The van der Waals surface area contributed by atoms with Crippen LogP contribution in [0.25, 0.3) is 0 Å². The van der Waals surface area contributed by atoms with E-state index in [1.165, 1.54) is 16.2 Å². The molecule has 158 valence electrons. The number of aliphatic hydroxyl groups is 1. The number of hydrogen-bond acceptors (Lipinski definition) is 6. The number of carbonyl (C=O) groups excluding carboxylic acids is 2. The molecule has 0 aliphatic carbocycles. The third kappa shape index (κ3) is 4.22. The van der Waals surface area contributed by atoms with Crippen LogP contribution in [0.4, 0.5) is 0 Å². The number of benzene rings is 1. The van der Waals surface area contributed by atoms with Gasteiger partial charge in [0.25, 0.3) is 5.91 Å². The topological polar surface area (TPSA) is 79.7 Å². The van der Waals surface area contributed by atoms with Crippen LogP contribution in [0.3, 0.4) is 0 Å². The monoisotopic (exact) mass is 434 g/mol. The second-order valence-corrected chi connectivity index (χ2v) is 8.13. The standard InChI is InChI=1S/C24H22N2O4S/c1-2-12-30-18-9-7-17(8-10-18)21-20(22(27)19-6-4-13-31-19)23(28)24(29)26(21)15-16-5-3-11-25-14-16/h3-11,13-14,21,28H,2,12,15H2,1H3/t21-/m1/s1. The third-order valence-corrected chi connectivity index (χ3v) is 5.91. The number of hydrogen-bond donors (Lipinski definition) is 1. The van der Waals surface area contributed by atoms with Crippen LogP contribution in [-0.4, -0.2) is 33.3 Å². The molecular weight excluding hydrogens is 412 g/mol. The van der Waals surface area contributed by atoms with Crippen LogP contribution < -0.4 is 4.74 Å². The molecule has 1 N–H and O–H groups in total. The van der Waals surface area contributed by atoms with Crippen LogP contribution in [0.5, 0.6) is 5.75 Å². The normalized spacial score (nSPS) is 16.1. The first-order valence-corrected chi connectivity index (χ1v) is 10.9. The zero-order valence-electron chi connectivity index (χ0n) is 17.0. The Hall–Kier alpha value is -3.45. The number of thiophene rings is 1. The summed E-state index contributed by atoms with van der Waals surface area (Å²) in [6.07, 6.45) is 4.22. The largest absolute Gasteiger partial charge is 0.503 e. The predicted octanol–water partition coefficient (Wildman–Crippen LogP) is 4.71. The highest BCUT2D eigenvalue weighted by Crippen LogP contribution is 2.40. The molecule has 7 heteroatoms. The van der Waals surface area contributed by atoms with E-state index in [9.17, 15) is 14.7 Å². The Bertz CT molecular complexity index is 1090. The average molecular weight is 435 g/mol. The van der Waals surface area contributed by atoms with Crippen molar-refractivity contribution >= 4 is 23.0 Å². The molecule has 0 spiro atoms. The number of ether oxygens (including phenoxy) is 1. The minimum absolute atomic E-state index is 0.0959. The maximum absolute atomic E-state index is 13.2. The lowest BCUT2D eigenvalue weighted by atomic mass is 9.95. The Morgan fingerprint density at radius 1 is 1.19 bits per heavy atom. The highest BCUT2D eigenvalue weighted by Gasteiger charge is 2.44. The summed E-state index contributed by atoms with van der Waals surface area (Å²) < 4.78 is 5.66. The van der Waals surface area contributed by atoms with Gasteiger partial charge in [-0.2, -0.15) is 0 Å². The summed E-state index contributed by atoms with van der Waals surface area (Å²) >= 11 is 1.28. The molecule has 0 radical (unpaired) electrons. The van der Waals surface area contributed by atoms with Gasteiger partial charge in [0, 0.05) is 18.9 Å². The van der Waals surface area contributed by atoms with Crippen LogP contribution in [0.2, 0.25) is 0 Å². The highest BCUT2D eigenvalue weighted by atomic mass is 32.1. The van der Waals surface area contributed by atoms with E-state index in [1.807, 2.05) is 37.3 Å². The number of aliphatic hydroxyl groups excluding tert-OH is 1. The lowest BCUT2D eigenvalue weighted by Gasteiger charge is -2.27. The van der Waals surface area contributed by atoms with Crippen LogP contribution in [0, 0.1) is 0 Å². The van der Waals surface area contributed by atoms with Gasteiger partial charge < -0.3 is 14.7 Å². The molecular formula is C24H22N2O4S. The highest BCUT2D eigenvalue weighted by molar-refractivity contribution is 7.12. The van der Waals surface area contributed by atoms with E-state index < -0.39 is 17.7 Å². The first kappa shape index (κ1) is 20.8. The first-order chi connectivity index (χ1) is 15.1. The Morgan fingerprint density at radius 2 is 2.00 bits per heavy atom. The zero-order chi connectivity index (χ0) is 21.8. The summed E-state index contributed by atoms with van der Waals surface area (Å²) in [5.41, 5.74) is 1.63. The van der Waals surface area contributed by atoms with E-state index in [-0.39, 0.29) is 17.9 Å². The van der Waals surface area contributed by atoms with E-state index in [1.54, 1.807) is 36.0 Å². The maximum atomic E-state index is 13.2. The molecule has 1 aromatic carbocycles. The molecule has 1 aliphatic rings. The number of Topliss-reactive ketones (excluding diaryl/α,β-unsaturated/α-hetero) is 1. The van der Waals surface area contributed by atoms with Gasteiger partial charge in [0.15, 0.2) is 5.76 Å². The molecule has 0 saturated heterocycles. The quantitative estimate of drug-likeness (QED) is 0.520. The second kappa shape index (κ2) is 9.14. The molecule has 0 fully saturated rings. The fraction of sp³-hybridized carbons (Fsp3) is 0.208. The number of aromatic nitrogens is 1. The van der Waals surface area contributed by atoms with Crippen molar-refractivity contribution in [2.24, 2.45) is 0 Å². The van der Waals surface area contributed by atoms with E-state index in [0.717, 1.165) is 17.5 Å². The molecule has 0 bridgehead atoms. The average Bonchev–Trinajstić information content (AvgIpc) is 3.42. The van der Waals surface area contributed by atoms with Crippen molar-refractivity contribution in [2.75, 3.05) is 6.61 Å². The van der Waals surface area contributed by atoms with Gasteiger partial charge in [-0.15, -0.1) is 11.3 Å². The van der Waals surface area contributed by atoms with Crippen molar-refractivity contribution in [1.82, 2.24) is 9.88 Å². The van der Waals surface area contributed by atoms with Gasteiger partial charge in [-0.25, -0.2) is 0 Å². The molecule has 31 heavy (non-hydrogen) atoms. The van der Waals surface area contributed by atoms with Crippen molar-refractivity contribution in [3.8, 4) is 5.75 Å². The number of pyridine rings is 1. The van der Waals surface area contributed by atoms with Gasteiger partial charge in [-0.3, -0.25) is 14.6 Å². The summed E-state index contributed by atoms with van der Waals surface area (Å²) in [7, 11) is 0. The van der Waals surface area contributed by atoms with Gasteiger partial charge in [-0.1, -0.05) is 31.2 Å². The molecule has 4 rings (SSSR count). The lowest BCUT2D eigenvalue weighted by molar-refractivity contribution is -0.130. The van der Waals surface area contributed by atoms with Crippen molar-refractivity contribution in [1.29, 1.82) is 0 Å². The number of ketones is 1. The lowest BCUT2D eigenvalue weighted by Crippen LogP contribution is -2.30. The first-order valence-electron chi connectivity index (χ1n) is 10.0. The van der Waals surface area contributed by atoms with E-state index in [2.05, 4.69) is 4.98 Å². The smallest absolute Gasteiger partial charge is 0.290 e. The summed E-state index contributed by atoms with van der Waals surface area (Å²) in [6.45, 7) is 2.86. The predicted molar refractivity (Wildman–Crippen MR) is 118 cm³/mol. The summed E-state index contributed by atoms with van der Waals surface area (Å²) in [5.74, 6) is -0.697. The van der Waals surface area contributed by atoms with Gasteiger partial charge in [0.1, 0.15) is 5.75 Å². The minimum Gasteiger partial charge on any atom is -0.503 e. The Morgan fingerprint density at radius 3 is 2.65 bits per heavy atom. The maximum Gasteiger partial charge on any atom is 0.290 e. The third-order valence-electron chi connectivity index (χ3n) is 5.04. The van der Waals surface area contributed by atoms with Gasteiger partial charge >= 0.3 is 0 Å². The summed E-state index contributed by atoms with van der Waals surface area (Å²) in [6, 6.07) is 13.7. The zero-order valence-corrected chi connectivity index (χ0v) is 17.8. The molecule has 6 nitrogen and oxygen atoms in total. The molecule has 1 atom stereocenters. The van der Waals surface area contributed by atoms with Crippen LogP contribution in [0.15, 0.2) is 77.6 Å². The van der Waals surface area contributed by atoms with Crippen LogP contribution in [-0.2, 0) is 11.3 Å². The fourth-order valence-corrected chi connectivity index (χ4v) is 4.27. The van der Waals surface area contributed by atoms with Gasteiger partial charge in [-0.05, 0) is 47.2 Å². The van der Waals surface area contributed by atoms with Crippen molar-refractivity contribution < 1.29 is 19.4 Å². The Kier molecular flexibility index (Phi) is 6.13. The molecule has 1 amide bonds. The molecule has 3 aromatic rings. The van der Waals surface area contributed by atoms with Gasteiger partial charge in [0.2, 0.25) is 5.78 Å². The second-order valence-electron chi connectivity index (χ2n) is 7.18. The number of rotatable bonds is 8. The van der Waals surface area contributed by atoms with Crippen molar-refractivity contribution in [3.05, 3.63) is 93.6 Å². The summed E-state index contributed by atoms with van der Waals surface area (Å²) in [5, 5.41) is 12.5. The number of carbonyl (C=O) groups is 2. The minimum atomic E-state index is -0.706. The Labute approximate surface area is 184 Å². The molecule has 0 unspecified atom stereocenters. The molecule has 0 saturated carbocycles. The number of amides is 1. The van der Waals surface area contributed by atoms with Crippen LogP contribution in [0.1, 0.15) is 40.2 Å². The summed E-state index contributed by atoms with van der Waals surface area (Å²) in [4.78, 5) is 32.3. The van der Waals surface area contributed by atoms with E-state index in [4.69, 9.17) is 4.74 Å². The van der Waals surface area contributed by atoms with E-state index in [0.29, 0.717) is 17.2 Å². The van der Waals surface area contributed by atoms with Crippen molar-refractivity contribution in [3.63, 3.8) is 0 Å². The van der Waals surface area contributed by atoms with Crippen LogP contribution >= 0.6 is 11.3 Å². The Balaban J connectivity index is 1.73. The SMILES string of the molecule is CCCOc1ccc([C@@H]2C(C(=O)c3cccs3)=C(O)C(=O)N2Cc2cccnc2)cc1. The van der Waals surface area contributed by atoms with Gasteiger partial charge in [0.05, 0.1) is 23.1 Å². The molecule has 2 aromatic heterocycles. The molecule has 3 heterocycles. The molecule has 1 aliphatic heterocycles. The van der Waals surface area contributed by atoms with E-state index >= 15 is 0 Å². The van der Waals surface area contributed by atoms with Crippen molar-refractivity contribution in [2.45, 2.75) is 25.9 Å².